The Hall–Kier alpha value is -1.06. The van der Waals surface area contributed by atoms with E-state index >= 15 is 0 Å². The van der Waals surface area contributed by atoms with Gasteiger partial charge in [0.25, 0.3) is 0 Å². The number of carboxylic acid groups (broad SMARTS) is 2. The lowest BCUT2D eigenvalue weighted by atomic mass is 9.84. The Kier molecular flexibility index (Phi) is 27.7. The fraction of sp³-hybridized carbons (Fsp3) is 0.943. The zero-order valence-electron chi connectivity index (χ0n) is 26.5. The van der Waals surface area contributed by atoms with Crippen LogP contribution in [0.4, 0.5) is 0 Å². The van der Waals surface area contributed by atoms with Crippen LogP contribution in [-0.2, 0) is 9.59 Å². The van der Waals surface area contributed by atoms with Crippen molar-refractivity contribution < 1.29 is 19.8 Å². The first-order valence-electron chi connectivity index (χ1n) is 17.3. The maximum Gasteiger partial charge on any atom is 0.303 e. The molecular formula is C35H68O4. The Bertz CT molecular complexity index is 545. The van der Waals surface area contributed by atoms with Crippen molar-refractivity contribution in [3.63, 3.8) is 0 Å². The third-order valence-electron chi connectivity index (χ3n) is 8.81. The van der Waals surface area contributed by atoms with Crippen LogP contribution in [0.5, 0.6) is 0 Å². The van der Waals surface area contributed by atoms with Crippen molar-refractivity contribution in [1.82, 2.24) is 0 Å². The van der Waals surface area contributed by atoms with E-state index in [4.69, 9.17) is 10.2 Å². The predicted octanol–water partition coefficient (Wildman–Crippen LogP) is 11.6. The molecule has 0 fully saturated rings. The fourth-order valence-corrected chi connectivity index (χ4v) is 6.10. The Morgan fingerprint density at radius 3 is 1.23 bits per heavy atom. The highest BCUT2D eigenvalue weighted by molar-refractivity contribution is 5.66. The van der Waals surface area contributed by atoms with Crippen molar-refractivity contribution in [1.29, 1.82) is 0 Å². The molecule has 2 unspecified atom stereocenters. The van der Waals surface area contributed by atoms with Crippen LogP contribution in [0.3, 0.4) is 0 Å². The second-order valence-electron chi connectivity index (χ2n) is 12.8. The topological polar surface area (TPSA) is 74.6 Å². The zero-order chi connectivity index (χ0) is 29.0. The van der Waals surface area contributed by atoms with Gasteiger partial charge in [-0.05, 0) is 37.0 Å². The van der Waals surface area contributed by atoms with Gasteiger partial charge in [0.1, 0.15) is 0 Å². The number of unbranched alkanes of at least 4 members (excludes halogenated alkanes) is 16. The second-order valence-corrected chi connectivity index (χ2v) is 12.8. The Labute approximate surface area is 243 Å². The van der Waals surface area contributed by atoms with Crippen molar-refractivity contribution in [3.8, 4) is 0 Å². The van der Waals surface area contributed by atoms with E-state index in [1.807, 2.05) is 0 Å². The lowest BCUT2D eigenvalue weighted by Crippen LogP contribution is -2.10. The van der Waals surface area contributed by atoms with Crippen LogP contribution >= 0.6 is 0 Å². The molecule has 4 nitrogen and oxygen atoms in total. The van der Waals surface area contributed by atoms with Crippen LogP contribution in [0.15, 0.2) is 0 Å². The van der Waals surface area contributed by atoms with Crippen LogP contribution in [0, 0.1) is 17.8 Å². The molecule has 2 N–H and O–H groups in total. The van der Waals surface area contributed by atoms with Crippen LogP contribution in [0.1, 0.15) is 194 Å². The average Bonchev–Trinajstić information content (AvgIpc) is 2.89. The van der Waals surface area contributed by atoms with E-state index in [-0.39, 0.29) is 0 Å². The Morgan fingerprint density at radius 1 is 0.462 bits per heavy atom. The molecule has 0 aromatic carbocycles. The third-order valence-corrected chi connectivity index (χ3v) is 8.81. The summed E-state index contributed by atoms with van der Waals surface area (Å²) >= 11 is 0. The van der Waals surface area contributed by atoms with Gasteiger partial charge in [0.15, 0.2) is 0 Å². The van der Waals surface area contributed by atoms with E-state index in [2.05, 4.69) is 20.8 Å². The van der Waals surface area contributed by atoms with Crippen LogP contribution in [-0.4, -0.2) is 22.2 Å². The minimum absolute atomic E-state index is 0.323. The molecular weight excluding hydrogens is 484 g/mol. The summed E-state index contributed by atoms with van der Waals surface area (Å²) in [5.41, 5.74) is 0. The highest BCUT2D eigenvalue weighted by Gasteiger charge is 2.15. The van der Waals surface area contributed by atoms with Gasteiger partial charge in [-0.2, -0.15) is 0 Å². The third kappa shape index (κ3) is 28.3. The molecule has 0 saturated heterocycles. The predicted molar refractivity (Wildman–Crippen MR) is 167 cm³/mol. The smallest absolute Gasteiger partial charge is 0.303 e. The number of hydrogen-bond donors (Lipinski definition) is 2. The molecule has 0 aromatic rings. The minimum Gasteiger partial charge on any atom is -0.481 e. The summed E-state index contributed by atoms with van der Waals surface area (Å²) in [5, 5.41) is 17.6. The summed E-state index contributed by atoms with van der Waals surface area (Å²) in [5.74, 6) is 0.950. The number of rotatable bonds is 31. The maximum absolute atomic E-state index is 10.8. The summed E-state index contributed by atoms with van der Waals surface area (Å²) in [6.07, 6.45) is 33.1. The Balaban J connectivity index is 3.70. The SMILES string of the molecule is CCCCC(CCCCCCCCCCCCCCCCCC(=O)O)CCCCC(CCCC(=O)O)C(C)C. The molecule has 0 saturated carbocycles. The fourth-order valence-electron chi connectivity index (χ4n) is 6.10. The van der Waals surface area contributed by atoms with Gasteiger partial charge in [-0.3, -0.25) is 9.59 Å². The minimum atomic E-state index is -0.659. The van der Waals surface area contributed by atoms with Crippen molar-refractivity contribution >= 4 is 11.9 Å². The second kappa shape index (κ2) is 28.5. The molecule has 39 heavy (non-hydrogen) atoms. The van der Waals surface area contributed by atoms with Crippen molar-refractivity contribution in [2.75, 3.05) is 0 Å². The van der Waals surface area contributed by atoms with E-state index < -0.39 is 11.9 Å². The van der Waals surface area contributed by atoms with Crippen molar-refractivity contribution in [2.45, 2.75) is 194 Å². The number of carboxylic acids is 2. The first-order chi connectivity index (χ1) is 18.9. The summed E-state index contributed by atoms with van der Waals surface area (Å²) in [4.78, 5) is 21.3. The first kappa shape index (κ1) is 37.9. The standard InChI is InChI=1S/C35H68O4/c1-4-5-24-32(26-21-22-27-33(31(2)3)28-23-30-35(38)39)25-19-17-15-13-11-9-7-6-8-10-12-14-16-18-20-29-34(36)37/h31-33H,4-30H2,1-3H3,(H,36,37)(H,38,39). The molecule has 232 valence electrons. The molecule has 0 radical (unpaired) electrons. The number of aliphatic carboxylic acids is 2. The lowest BCUT2D eigenvalue weighted by molar-refractivity contribution is -0.138. The van der Waals surface area contributed by atoms with E-state index in [0.717, 1.165) is 31.6 Å². The van der Waals surface area contributed by atoms with Crippen LogP contribution in [0.2, 0.25) is 0 Å². The quantitative estimate of drug-likeness (QED) is 0.0838. The molecule has 0 rings (SSSR count). The van der Waals surface area contributed by atoms with Gasteiger partial charge >= 0.3 is 11.9 Å². The van der Waals surface area contributed by atoms with Crippen molar-refractivity contribution in [2.24, 2.45) is 17.8 Å². The normalized spacial score (nSPS) is 13.1. The van der Waals surface area contributed by atoms with Crippen molar-refractivity contribution in [3.05, 3.63) is 0 Å². The molecule has 0 aliphatic carbocycles. The van der Waals surface area contributed by atoms with Gasteiger partial charge in [0.2, 0.25) is 0 Å². The van der Waals surface area contributed by atoms with Gasteiger partial charge in [-0.1, -0.05) is 162 Å². The molecule has 0 aliphatic heterocycles. The molecule has 0 aliphatic rings. The lowest BCUT2D eigenvalue weighted by Gasteiger charge is -2.21. The molecule has 0 amide bonds. The van der Waals surface area contributed by atoms with Gasteiger partial charge in [0.05, 0.1) is 0 Å². The molecule has 0 heterocycles. The average molecular weight is 553 g/mol. The molecule has 4 heteroatoms. The van der Waals surface area contributed by atoms with Gasteiger partial charge in [0, 0.05) is 12.8 Å². The van der Waals surface area contributed by atoms with Gasteiger partial charge in [-0.25, -0.2) is 0 Å². The highest BCUT2D eigenvalue weighted by Crippen LogP contribution is 2.27. The van der Waals surface area contributed by atoms with E-state index in [0.29, 0.717) is 24.7 Å². The van der Waals surface area contributed by atoms with Crippen LogP contribution in [0.25, 0.3) is 0 Å². The Morgan fingerprint density at radius 2 is 0.795 bits per heavy atom. The number of hydrogen-bond acceptors (Lipinski definition) is 2. The summed E-state index contributed by atoms with van der Waals surface area (Å²) in [6.45, 7) is 6.92. The summed E-state index contributed by atoms with van der Waals surface area (Å²) < 4.78 is 0. The summed E-state index contributed by atoms with van der Waals surface area (Å²) in [6, 6.07) is 0. The summed E-state index contributed by atoms with van der Waals surface area (Å²) in [7, 11) is 0. The largest absolute Gasteiger partial charge is 0.481 e. The molecule has 2 atom stereocenters. The van der Waals surface area contributed by atoms with E-state index in [9.17, 15) is 9.59 Å². The van der Waals surface area contributed by atoms with Gasteiger partial charge in [-0.15, -0.1) is 0 Å². The molecule has 0 spiro atoms. The van der Waals surface area contributed by atoms with Crippen LogP contribution < -0.4 is 0 Å². The maximum atomic E-state index is 10.8. The van der Waals surface area contributed by atoms with Gasteiger partial charge < -0.3 is 10.2 Å². The van der Waals surface area contributed by atoms with E-state index in [1.54, 1.807) is 0 Å². The van der Waals surface area contributed by atoms with E-state index in [1.165, 1.54) is 135 Å². The molecule has 0 aromatic heterocycles. The molecule has 0 bridgehead atoms. The number of carbonyl (C=O) groups is 2. The monoisotopic (exact) mass is 553 g/mol. The first-order valence-corrected chi connectivity index (χ1v) is 17.3. The zero-order valence-corrected chi connectivity index (χ0v) is 26.5. The highest BCUT2D eigenvalue weighted by atomic mass is 16.4.